The molecule has 1 atom stereocenters. The summed E-state index contributed by atoms with van der Waals surface area (Å²) in [6.45, 7) is 4.39. The van der Waals surface area contributed by atoms with Crippen LogP contribution in [0.25, 0.3) is 0 Å². The van der Waals surface area contributed by atoms with Crippen molar-refractivity contribution < 1.29 is 4.74 Å². The molecule has 0 amide bonds. The van der Waals surface area contributed by atoms with E-state index in [1.165, 1.54) is 56.9 Å². The second-order valence-electron chi connectivity index (χ2n) is 9.42. The Kier molecular flexibility index (Phi) is 5.37. The summed E-state index contributed by atoms with van der Waals surface area (Å²) in [6, 6.07) is 6.66. The van der Waals surface area contributed by atoms with Crippen molar-refractivity contribution in [3.05, 3.63) is 23.8 Å². The van der Waals surface area contributed by atoms with Crippen LogP contribution in [0.15, 0.2) is 18.2 Å². The molecule has 4 fully saturated rings. The maximum atomic E-state index is 5.75. The number of methoxy groups -OCH3 is 1. The predicted molar refractivity (Wildman–Crippen MR) is 116 cm³/mol. The molecular formula is C23H34N2OS. The Labute approximate surface area is 169 Å². The fraction of sp³-hybridized carbons (Fsp3) is 0.696. The van der Waals surface area contributed by atoms with Gasteiger partial charge in [-0.15, -0.1) is 0 Å². The van der Waals surface area contributed by atoms with E-state index in [4.69, 9.17) is 17.0 Å². The minimum absolute atomic E-state index is 0.465. The summed E-state index contributed by atoms with van der Waals surface area (Å²) in [4.78, 5) is 0. The standard InChI is InChI=1S/C23H34N2OS/c1-4-5-21(23-12-16-9-17(13-23)11-18(10-16)14-23)25-22(27)24-19-8-15(2)6-7-20(19)26-3/h6-8,16-18,21H,4-5,9-14H2,1-3H3,(H2,24,25,27). The highest BCUT2D eigenvalue weighted by atomic mass is 32.1. The summed E-state index contributed by atoms with van der Waals surface area (Å²) in [5.41, 5.74) is 2.62. The smallest absolute Gasteiger partial charge is 0.171 e. The molecule has 4 aliphatic rings. The van der Waals surface area contributed by atoms with Gasteiger partial charge >= 0.3 is 0 Å². The zero-order valence-electron chi connectivity index (χ0n) is 17.0. The third-order valence-corrected chi connectivity index (χ3v) is 7.53. The summed E-state index contributed by atoms with van der Waals surface area (Å²) < 4.78 is 5.50. The van der Waals surface area contributed by atoms with Gasteiger partial charge in [0.25, 0.3) is 0 Å². The van der Waals surface area contributed by atoms with Crippen molar-refractivity contribution in [1.82, 2.24) is 5.32 Å². The molecule has 1 unspecified atom stereocenters. The molecule has 1 aromatic rings. The molecule has 0 heterocycles. The summed E-state index contributed by atoms with van der Waals surface area (Å²) >= 11 is 5.75. The molecule has 3 nitrogen and oxygen atoms in total. The minimum Gasteiger partial charge on any atom is -0.495 e. The lowest BCUT2D eigenvalue weighted by Gasteiger charge is -2.59. The molecule has 2 N–H and O–H groups in total. The van der Waals surface area contributed by atoms with E-state index in [9.17, 15) is 0 Å². The van der Waals surface area contributed by atoms with Crippen molar-refractivity contribution in [2.45, 2.75) is 71.3 Å². The molecule has 148 valence electrons. The molecule has 0 aromatic heterocycles. The van der Waals surface area contributed by atoms with Gasteiger partial charge in [0.15, 0.2) is 5.11 Å². The van der Waals surface area contributed by atoms with Crippen molar-refractivity contribution in [3.63, 3.8) is 0 Å². The number of thiocarbonyl (C=S) groups is 1. The van der Waals surface area contributed by atoms with E-state index in [1.54, 1.807) is 7.11 Å². The fourth-order valence-corrected chi connectivity index (χ4v) is 6.91. The maximum absolute atomic E-state index is 5.75. The number of aryl methyl sites for hydroxylation is 1. The highest BCUT2D eigenvalue weighted by molar-refractivity contribution is 7.80. The van der Waals surface area contributed by atoms with Gasteiger partial charge in [0.1, 0.15) is 5.75 Å². The zero-order valence-corrected chi connectivity index (χ0v) is 17.8. The first-order valence-electron chi connectivity index (χ1n) is 10.7. The molecule has 4 aliphatic carbocycles. The summed E-state index contributed by atoms with van der Waals surface area (Å²) in [5, 5.41) is 7.92. The van der Waals surface area contributed by atoms with Gasteiger partial charge in [-0.05, 0) is 105 Å². The molecule has 0 spiro atoms. The van der Waals surface area contributed by atoms with Crippen molar-refractivity contribution in [2.24, 2.45) is 23.2 Å². The highest BCUT2D eigenvalue weighted by Gasteiger charge is 2.54. The van der Waals surface area contributed by atoms with Gasteiger partial charge in [0, 0.05) is 6.04 Å². The van der Waals surface area contributed by atoms with Gasteiger partial charge in [0.05, 0.1) is 12.8 Å². The Balaban J connectivity index is 1.49. The minimum atomic E-state index is 0.465. The topological polar surface area (TPSA) is 33.3 Å². The Bertz CT molecular complexity index is 666. The molecule has 4 bridgehead atoms. The van der Waals surface area contributed by atoms with Crippen molar-refractivity contribution in [1.29, 1.82) is 0 Å². The SMILES string of the molecule is CCCC(NC(=S)Nc1cc(C)ccc1OC)C12CC3CC(CC(C3)C1)C2. The monoisotopic (exact) mass is 386 g/mol. The maximum Gasteiger partial charge on any atom is 0.171 e. The van der Waals surface area contributed by atoms with Crippen LogP contribution in [0.4, 0.5) is 5.69 Å². The van der Waals surface area contributed by atoms with Crippen LogP contribution in [-0.4, -0.2) is 18.3 Å². The lowest BCUT2D eigenvalue weighted by molar-refractivity contribution is -0.0718. The normalized spacial score (nSPS) is 32.2. The Morgan fingerprint density at radius 1 is 1.19 bits per heavy atom. The second kappa shape index (κ2) is 7.62. The number of hydrogen-bond donors (Lipinski definition) is 2. The molecule has 5 rings (SSSR count). The van der Waals surface area contributed by atoms with E-state index in [-0.39, 0.29) is 0 Å². The third kappa shape index (κ3) is 3.83. The molecule has 0 aliphatic heterocycles. The first-order valence-corrected chi connectivity index (χ1v) is 11.1. The molecule has 0 saturated heterocycles. The number of ether oxygens (including phenoxy) is 1. The number of nitrogens with one attached hydrogen (secondary N) is 2. The first-order chi connectivity index (χ1) is 13.0. The number of benzene rings is 1. The molecule has 4 heteroatoms. The first kappa shape index (κ1) is 19.0. The van der Waals surface area contributed by atoms with Crippen LogP contribution in [0.3, 0.4) is 0 Å². The van der Waals surface area contributed by atoms with E-state index < -0.39 is 0 Å². The van der Waals surface area contributed by atoms with E-state index >= 15 is 0 Å². The van der Waals surface area contributed by atoms with Crippen molar-refractivity contribution >= 4 is 23.0 Å². The van der Waals surface area contributed by atoms with Crippen molar-refractivity contribution in [2.75, 3.05) is 12.4 Å². The quantitative estimate of drug-likeness (QED) is 0.617. The van der Waals surface area contributed by atoms with E-state index in [1.807, 2.05) is 6.07 Å². The van der Waals surface area contributed by atoms with Gasteiger partial charge in [-0.2, -0.15) is 0 Å². The van der Waals surface area contributed by atoms with Gasteiger partial charge in [-0.1, -0.05) is 19.4 Å². The Morgan fingerprint density at radius 3 is 2.37 bits per heavy atom. The van der Waals surface area contributed by atoms with Crippen LogP contribution >= 0.6 is 12.2 Å². The highest BCUT2D eigenvalue weighted by Crippen LogP contribution is 2.61. The lowest BCUT2D eigenvalue weighted by Crippen LogP contribution is -2.57. The molecule has 27 heavy (non-hydrogen) atoms. The van der Waals surface area contributed by atoms with E-state index in [2.05, 4.69) is 36.6 Å². The Hall–Kier alpha value is -1.29. The number of rotatable bonds is 6. The van der Waals surface area contributed by atoms with Crippen LogP contribution in [0, 0.1) is 30.1 Å². The average Bonchev–Trinajstić information content (AvgIpc) is 2.60. The third-order valence-electron chi connectivity index (χ3n) is 7.31. The van der Waals surface area contributed by atoms with Gasteiger partial charge in [-0.25, -0.2) is 0 Å². The van der Waals surface area contributed by atoms with Crippen LogP contribution in [0.2, 0.25) is 0 Å². The van der Waals surface area contributed by atoms with E-state index in [0.717, 1.165) is 34.3 Å². The summed E-state index contributed by atoms with van der Waals surface area (Å²) in [5.74, 6) is 3.74. The summed E-state index contributed by atoms with van der Waals surface area (Å²) in [6.07, 6.45) is 11.1. The van der Waals surface area contributed by atoms with Gasteiger partial charge in [-0.3, -0.25) is 0 Å². The predicted octanol–water partition coefficient (Wildman–Crippen LogP) is 5.68. The van der Waals surface area contributed by atoms with E-state index in [0.29, 0.717) is 11.5 Å². The van der Waals surface area contributed by atoms with Crippen LogP contribution < -0.4 is 15.4 Å². The average molecular weight is 387 g/mol. The van der Waals surface area contributed by atoms with Crippen LogP contribution in [-0.2, 0) is 0 Å². The Morgan fingerprint density at radius 2 is 1.81 bits per heavy atom. The fourth-order valence-electron chi connectivity index (χ4n) is 6.66. The van der Waals surface area contributed by atoms with Crippen LogP contribution in [0.5, 0.6) is 5.75 Å². The number of anilines is 1. The largest absolute Gasteiger partial charge is 0.495 e. The molecule has 1 aromatic carbocycles. The van der Waals surface area contributed by atoms with Gasteiger partial charge < -0.3 is 15.4 Å². The van der Waals surface area contributed by atoms with Gasteiger partial charge in [0.2, 0.25) is 0 Å². The number of hydrogen-bond acceptors (Lipinski definition) is 2. The lowest BCUT2D eigenvalue weighted by atomic mass is 9.47. The van der Waals surface area contributed by atoms with Crippen LogP contribution in [0.1, 0.15) is 63.9 Å². The zero-order chi connectivity index (χ0) is 19.0. The van der Waals surface area contributed by atoms with Crippen molar-refractivity contribution in [3.8, 4) is 5.75 Å². The summed E-state index contributed by atoms with van der Waals surface area (Å²) in [7, 11) is 1.71. The molecule has 4 saturated carbocycles. The molecule has 0 radical (unpaired) electrons. The second-order valence-corrected chi connectivity index (χ2v) is 9.83. The molecular weight excluding hydrogens is 352 g/mol.